The first-order valence-corrected chi connectivity index (χ1v) is 13.6. The molecule has 0 radical (unpaired) electrons. The molecule has 2 amide bonds. The number of nitrogens with one attached hydrogen (secondary N) is 1. The average molecular weight is 537 g/mol. The summed E-state index contributed by atoms with van der Waals surface area (Å²) in [5.74, 6) is 1.82. The molecule has 0 bridgehead atoms. The van der Waals surface area contributed by atoms with Crippen LogP contribution in [0.2, 0.25) is 0 Å². The number of hydrogen-bond acceptors (Lipinski definition) is 7. The number of hydrogen-bond donors (Lipinski definition) is 1. The van der Waals surface area contributed by atoms with Gasteiger partial charge >= 0.3 is 0 Å². The van der Waals surface area contributed by atoms with Crippen LogP contribution in [0.4, 0.5) is 5.82 Å². The van der Waals surface area contributed by atoms with Crippen LogP contribution in [0.15, 0.2) is 48.5 Å². The zero-order valence-electron chi connectivity index (χ0n) is 22.0. The molecule has 0 saturated carbocycles. The zero-order chi connectivity index (χ0) is 26.9. The molecule has 1 unspecified atom stereocenters. The van der Waals surface area contributed by atoms with Gasteiger partial charge in [-0.2, -0.15) is 5.10 Å². The fourth-order valence-corrected chi connectivity index (χ4v) is 5.82. The van der Waals surface area contributed by atoms with Crippen LogP contribution in [0.25, 0.3) is 11.3 Å². The van der Waals surface area contributed by atoms with Crippen molar-refractivity contribution >= 4 is 29.4 Å². The van der Waals surface area contributed by atoms with Gasteiger partial charge in [0, 0.05) is 24.8 Å². The summed E-state index contributed by atoms with van der Waals surface area (Å²) in [5, 5.41) is 7.71. The van der Waals surface area contributed by atoms with Gasteiger partial charge in [0.1, 0.15) is 12.4 Å². The second-order valence-electron chi connectivity index (χ2n) is 10.2. The van der Waals surface area contributed by atoms with Gasteiger partial charge in [-0.3, -0.25) is 14.5 Å². The van der Waals surface area contributed by atoms with Gasteiger partial charge in [-0.25, -0.2) is 4.68 Å². The van der Waals surface area contributed by atoms with E-state index in [4.69, 9.17) is 19.3 Å². The Morgan fingerprint density at radius 3 is 2.66 bits per heavy atom. The van der Waals surface area contributed by atoms with E-state index in [1.807, 2.05) is 74.0 Å². The Balaban J connectivity index is 1.69. The molecule has 200 valence electrons. The number of carbonyl (C=O) groups is 2. The van der Waals surface area contributed by atoms with Gasteiger partial charge in [0.2, 0.25) is 18.6 Å². The molecule has 9 nitrogen and oxygen atoms in total. The van der Waals surface area contributed by atoms with Crippen LogP contribution in [0, 0.1) is 0 Å². The Morgan fingerprint density at radius 2 is 1.92 bits per heavy atom. The van der Waals surface area contributed by atoms with Gasteiger partial charge < -0.3 is 19.5 Å². The average Bonchev–Trinajstić information content (AvgIpc) is 3.50. The van der Waals surface area contributed by atoms with E-state index in [0.717, 1.165) is 22.4 Å². The van der Waals surface area contributed by atoms with E-state index >= 15 is 0 Å². The van der Waals surface area contributed by atoms with E-state index in [2.05, 4.69) is 5.32 Å². The topological polar surface area (TPSA) is 94.9 Å². The maximum Gasteiger partial charge on any atom is 0.240 e. The summed E-state index contributed by atoms with van der Waals surface area (Å²) in [4.78, 5) is 28.2. The molecule has 5 rings (SSSR count). The van der Waals surface area contributed by atoms with E-state index in [-0.39, 0.29) is 36.2 Å². The summed E-state index contributed by atoms with van der Waals surface area (Å²) in [6.07, 6.45) is 0. The highest BCUT2D eigenvalue weighted by atomic mass is 32.2. The summed E-state index contributed by atoms with van der Waals surface area (Å²) < 4.78 is 18.2. The Hall–Kier alpha value is -3.50. The lowest BCUT2D eigenvalue weighted by atomic mass is 9.99. The largest absolute Gasteiger partial charge is 0.454 e. The van der Waals surface area contributed by atoms with Crippen molar-refractivity contribution in [2.45, 2.75) is 31.6 Å². The fourth-order valence-electron chi connectivity index (χ4n) is 4.63. The van der Waals surface area contributed by atoms with Crippen molar-refractivity contribution in [2.75, 3.05) is 44.3 Å². The number of carbonyl (C=O) groups excluding carboxylic acids is 2. The van der Waals surface area contributed by atoms with Crippen molar-refractivity contribution < 1.29 is 23.8 Å². The molecule has 38 heavy (non-hydrogen) atoms. The number of benzene rings is 2. The molecule has 2 aliphatic rings. The zero-order valence-corrected chi connectivity index (χ0v) is 22.8. The van der Waals surface area contributed by atoms with Crippen molar-refractivity contribution in [3.05, 3.63) is 59.7 Å². The summed E-state index contributed by atoms with van der Waals surface area (Å²) >= 11 is 1.53. The highest BCUT2D eigenvalue weighted by molar-refractivity contribution is 8.00. The molecule has 0 aliphatic carbocycles. The molecular weight excluding hydrogens is 504 g/mol. The van der Waals surface area contributed by atoms with Gasteiger partial charge in [-0.05, 0) is 38.5 Å². The van der Waals surface area contributed by atoms with Gasteiger partial charge in [0.05, 0.1) is 28.8 Å². The monoisotopic (exact) mass is 536 g/mol. The second kappa shape index (κ2) is 10.7. The predicted molar refractivity (Wildman–Crippen MR) is 147 cm³/mol. The minimum absolute atomic E-state index is 0.111. The maximum atomic E-state index is 13.6. The molecule has 0 saturated heterocycles. The van der Waals surface area contributed by atoms with E-state index in [1.54, 1.807) is 12.0 Å². The highest BCUT2D eigenvalue weighted by Crippen LogP contribution is 2.50. The van der Waals surface area contributed by atoms with Crippen molar-refractivity contribution in [1.82, 2.24) is 15.1 Å². The molecule has 2 aliphatic heterocycles. The summed E-state index contributed by atoms with van der Waals surface area (Å²) in [5.41, 5.74) is 3.13. The lowest BCUT2D eigenvalue weighted by Crippen LogP contribution is -2.44. The molecule has 10 heteroatoms. The maximum absolute atomic E-state index is 13.6. The van der Waals surface area contributed by atoms with Crippen LogP contribution < -0.4 is 19.7 Å². The van der Waals surface area contributed by atoms with Gasteiger partial charge in [-0.15, -0.1) is 11.8 Å². The molecule has 0 spiro atoms. The lowest BCUT2D eigenvalue weighted by molar-refractivity contribution is -0.123. The lowest BCUT2D eigenvalue weighted by Gasteiger charge is -2.28. The van der Waals surface area contributed by atoms with Crippen LogP contribution in [-0.4, -0.2) is 60.9 Å². The third-order valence-electron chi connectivity index (χ3n) is 6.40. The van der Waals surface area contributed by atoms with E-state index in [9.17, 15) is 9.59 Å². The van der Waals surface area contributed by atoms with Crippen molar-refractivity contribution in [3.63, 3.8) is 0 Å². The molecule has 3 aromatic rings. The van der Waals surface area contributed by atoms with Crippen LogP contribution in [0.5, 0.6) is 11.5 Å². The quantitative estimate of drug-likeness (QED) is 0.457. The number of fused-ring (bicyclic) bond motifs is 2. The molecule has 1 atom stereocenters. The standard InChI is InChI=1S/C28H32N4O5S/c1-28(2,3)32-27-24(25(30-32)18-8-6-5-7-9-18)26(19-10-11-20-21(14-19)37-17-36-20)38-16-23(34)31(27)15-22(33)29-12-13-35-4/h5-11,14,26H,12-13,15-17H2,1-4H3,(H,29,33). The molecule has 1 N–H and O–H groups in total. The first kappa shape index (κ1) is 26.1. The normalized spacial score (nSPS) is 16.8. The van der Waals surface area contributed by atoms with Crippen molar-refractivity contribution in [3.8, 4) is 22.8 Å². The van der Waals surface area contributed by atoms with Gasteiger partial charge in [-0.1, -0.05) is 36.4 Å². The summed E-state index contributed by atoms with van der Waals surface area (Å²) in [7, 11) is 1.58. The SMILES string of the molecule is COCCNC(=O)CN1C(=O)CSC(c2ccc3c(c2)OCO3)c2c(-c3ccccc3)nn(C(C)(C)C)c21. The molecule has 1 aromatic heterocycles. The number of amides is 2. The van der Waals surface area contributed by atoms with Gasteiger partial charge in [0.15, 0.2) is 11.5 Å². The minimum Gasteiger partial charge on any atom is -0.454 e. The van der Waals surface area contributed by atoms with Crippen LogP contribution >= 0.6 is 11.8 Å². The first-order chi connectivity index (χ1) is 18.3. The third-order valence-corrected chi connectivity index (χ3v) is 7.66. The van der Waals surface area contributed by atoms with E-state index < -0.39 is 5.54 Å². The third kappa shape index (κ3) is 5.10. The number of methoxy groups -OCH3 is 1. The predicted octanol–water partition coefficient (Wildman–Crippen LogP) is 3.97. The molecule has 3 heterocycles. The minimum atomic E-state index is -0.462. The molecule has 0 fully saturated rings. The van der Waals surface area contributed by atoms with Gasteiger partial charge in [0.25, 0.3) is 0 Å². The van der Waals surface area contributed by atoms with Crippen LogP contribution in [0.1, 0.15) is 37.1 Å². The van der Waals surface area contributed by atoms with Crippen LogP contribution in [-0.2, 0) is 19.9 Å². The smallest absolute Gasteiger partial charge is 0.240 e. The first-order valence-electron chi connectivity index (χ1n) is 12.5. The van der Waals surface area contributed by atoms with E-state index in [1.165, 1.54) is 11.8 Å². The number of anilines is 1. The Kier molecular flexibility index (Phi) is 7.36. The Labute approximate surface area is 226 Å². The van der Waals surface area contributed by atoms with Crippen molar-refractivity contribution in [2.24, 2.45) is 0 Å². The summed E-state index contributed by atoms with van der Waals surface area (Å²) in [6.45, 7) is 6.97. The van der Waals surface area contributed by atoms with Crippen molar-refractivity contribution in [1.29, 1.82) is 0 Å². The number of aromatic nitrogens is 2. The Bertz CT molecular complexity index is 1340. The fraction of sp³-hybridized carbons (Fsp3) is 0.393. The number of rotatable bonds is 7. The van der Waals surface area contributed by atoms with Crippen LogP contribution in [0.3, 0.4) is 0 Å². The number of ether oxygens (including phenoxy) is 3. The second-order valence-corrected chi connectivity index (χ2v) is 11.3. The number of nitrogens with zero attached hydrogens (tertiary/aromatic N) is 3. The number of thioether (sulfide) groups is 1. The highest BCUT2D eigenvalue weighted by Gasteiger charge is 2.39. The molecule has 2 aromatic carbocycles. The Morgan fingerprint density at radius 1 is 1.16 bits per heavy atom. The summed E-state index contributed by atoms with van der Waals surface area (Å²) in [6, 6.07) is 15.8. The molecular formula is C28H32N4O5S. The van der Waals surface area contributed by atoms with E-state index in [0.29, 0.717) is 30.5 Å².